The maximum Gasteiger partial charge on any atom is 0.319 e. The topological polar surface area (TPSA) is 118 Å². The second kappa shape index (κ2) is 12.0. The fourth-order valence-corrected chi connectivity index (χ4v) is 4.95. The molecule has 2 aromatic rings. The molecule has 8 nitrogen and oxygen atoms in total. The molecular formula is C26H26ClN3O5S. The molecule has 36 heavy (non-hydrogen) atoms. The Hall–Kier alpha value is -3.48. The summed E-state index contributed by atoms with van der Waals surface area (Å²) < 4.78 is 10.3. The van der Waals surface area contributed by atoms with Crippen LogP contribution in [-0.4, -0.2) is 37.3 Å². The van der Waals surface area contributed by atoms with E-state index in [0.717, 1.165) is 22.9 Å². The normalized spacial score (nSPS) is 17.2. The van der Waals surface area contributed by atoms with Crippen molar-refractivity contribution < 1.29 is 23.9 Å². The second-order valence-electron chi connectivity index (χ2n) is 8.10. The van der Waals surface area contributed by atoms with Crippen molar-refractivity contribution in [1.29, 1.82) is 5.26 Å². The van der Waals surface area contributed by atoms with Gasteiger partial charge in [-0.15, -0.1) is 0 Å². The monoisotopic (exact) mass is 527 g/mol. The number of carbonyl (C=O) groups is 3. The number of carbonyl (C=O) groups excluding carboxylic acids is 3. The maximum atomic E-state index is 13.0. The molecule has 1 aliphatic heterocycles. The van der Waals surface area contributed by atoms with Gasteiger partial charge in [0, 0.05) is 11.6 Å². The molecule has 1 heterocycles. The van der Waals surface area contributed by atoms with Crippen LogP contribution in [0.4, 0.5) is 5.69 Å². The largest absolute Gasteiger partial charge is 0.492 e. The average molecular weight is 528 g/mol. The highest BCUT2D eigenvalue weighted by molar-refractivity contribution is 8.03. The lowest BCUT2D eigenvalue weighted by atomic mass is 9.78. The summed E-state index contributed by atoms with van der Waals surface area (Å²) >= 11 is 7.37. The van der Waals surface area contributed by atoms with Gasteiger partial charge in [0.15, 0.2) is 0 Å². The van der Waals surface area contributed by atoms with E-state index in [1.807, 2.05) is 39.0 Å². The number of aryl methyl sites for hydroxylation is 2. The molecule has 2 atom stereocenters. The van der Waals surface area contributed by atoms with Gasteiger partial charge in [-0.2, -0.15) is 5.26 Å². The van der Waals surface area contributed by atoms with Crippen molar-refractivity contribution in [3.8, 4) is 11.8 Å². The lowest BCUT2D eigenvalue weighted by Crippen LogP contribution is -2.44. The van der Waals surface area contributed by atoms with E-state index in [1.165, 1.54) is 7.11 Å². The van der Waals surface area contributed by atoms with Crippen LogP contribution in [0.1, 0.15) is 29.5 Å². The standard InChI is InChI=1S/C26H26ClN3O5S/c1-5-35-20-9-8-16(11-18(20)27)22-17(12-28)25(30-24(32)23(22)26(33)34-4)36-13-21(31)29-19-10-14(2)6-7-15(19)3/h6-11,22-23H,5,13H2,1-4H3,(H,29,31)(H,30,32)/t22-,23-/m0/s1. The number of anilines is 1. The number of nitrogens with one attached hydrogen (secondary N) is 2. The van der Waals surface area contributed by atoms with E-state index in [9.17, 15) is 19.6 Å². The molecular weight excluding hydrogens is 502 g/mol. The number of amides is 2. The Labute approximate surface area is 219 Å². The zero-order chi connectivity index (χ0) is 26.4. The van der Waals surface area contributed by atoms with Gasteiger partial charge in [0.2, 0.25) is 11.8 Å². The number of nitriles is 1. The number of ether oxygens (including phenoxy) is 2. The number of hydrogen-bond donors (Lipinski definition) is 2. The van der Waals surface area contributed by atoms with Gasteiger partial charge in [-0.25, -0.2) is 0 Å². The number of rotatable bonds is 8. The number of allylic oxidation sites excluding steroid dienone is 1. The second-order valence-corrected chi connectivity index (χ2v) is 9.49. The lowest BCUT2D eigenvalue weighted by molar-refractivity contribution is -0.150. The first-order chi connectivity index (χ1) is 17.2. The Balaban J connectivity index is 1.93. The van der Waals surface area contributed by atoms with Crippen LogP contribution < -0.4 is 15.4 Å². The molecule has 3 rings (SSSR count). The third kappa shape index (κ3) is 6.01. The smallest absolute Gasteiger partial charge is 0.319 e. The minimum Gasteiger partial charge on any atom is -0.492 e. The zero-order valence-corrected chi connectivity index (χ0v) is 21.9. The summed E-state index contributed by atoms with van der Waals surface area (Å²) in [6.45, 7) is 6.04. The number of thioether (sulfide) groups is 1. The van der Waals surface area contributed by atoms with Gasteiger partial charge in [-0.1, -0.05) is 41.6 Å². The summed E-state index contributed by atoms with van der Waals surface area (Å²) in [6, 6.07) is 12.7. The fraction of sp³-hybridized carbons (Fsp3) is 0.308. The van der Waals surface area contributed by atoms with Crippen LogP contribution in [0.15, 0.2) is 47.0 Å². The van der Waals surface area contributed by atoms with E-state index in [4.69, 9.17) is 21.1 Å². The number of halogens is 1. The molecule has 0 saturated heterocycles. The molecule has 188 valence electrons. The van der Waals surface area contributed by atoms with Crippen molar-refractivity contribution in [3.05, 3.63) is 68.7 Å². The van der Waals surface area contributed by atoms with E-state index in [-0.39, 0.29) is 27.3 Å². The molecule has 0 radical (unpaired) electrons. The molecule has 0 bridgehead atoms. The lowest BCUT2D eigenvalue weighted by Gasteiger charge is -2.31. The van der Waals surface area contributed by atoms with Crippen molar-refractivity contribution in [2.75, 3.05) is 24.8 Å². The van der Waals surface area contributed by atoms with Gasteiger partial charge in [0.05, 0.1) is 41.2 Å². The first kappa shape index (κ1) is 27.1. The van der Waals surface area contributed by atoms with Gasteiger partial charge in [-0.3, -0.25) is 14.4 Å². The predicted octanol–water partition coefficient (Wildman–Crippen LogP) is 4.47. The summed E-state index contributed by atoms with van der Waals surface area (Å²) in [7, 11) is 1.18. The molecule has 0 aliphatic carbocycles. The number of esters is 1. The Morgan fingerprint density at radius 1 is 1.22 bits per heavy atom. The van der Waals surface area contributed by atoms with Crippen molar-refractivity contribution in [1.82, 2.24) is 5.32 Å². The number of benzene rings is 2. The van der Waals surface area contributed by atoms with Crippen LogP contribution in [0.3, 0.4) is 0 Å². The van der Waals surface area contributed by atoms with Crippen molar-refractivity contribution in [2.24, 2.45) is 5.92 Å². The summed E-state index contributed by atoms with van der Waals surface area (Å²) in [4.78, 5) is 38.2. The van der Waals surface area contributed by atoms with Crippen LogP contribution in [0.2, 0.25) is 5.02 Å². The van der Waals surface area contributed by atoms with Gasteiger partial charge in [0.1, 0.15) is 11.7 Å². The third-order valence-corrected chi connectivity index (χ3v) is 6.93. The fourth-order valence-electron chi connectivity index (χ4n) is 3.86. The molecule has 0 aromatic heterocycles. The molecule has 2 N–H and O–H groups in total. The highest BCUT2D eigenvalue weighted by Gasteiger charge is 2.44. The van der Waals surface area contributed by atoms with Crippen LogP contribution in [0, 0.1) is 31.1 Å². The number of hydrogen-bond acceptors (Lipinski definition) is 7. The number of methoxy groups -OCH3 is 1. The van der Waals surface area contributed by atoms with Crippen LogP contribution in [0.25, 0.3) is 0 Å². The summed E-state index contributed by atoms with van der Waals surface area (Å²) in [5.74, 6) is -3.59. The maximum absolute atomic E-state index is 13.0. The van der Waals surface area contributed by atoms with Crippen molar-refractivity contribution in [2.45, 2.75) is 26.7 Å². The van der Waals surface area contributed by atoms with Crippen LogP contribution >= 0.6 is 23.4 Å². The molecule has 2 aromatic carbocycles. The molecule has 10 heteroatoms. The molecule has 0 spiro atoms. The van der Waals surface area contributed by atoms with Crippen molar-refractivity contribution in [3.63, 3.8) is 0 Å². The highest BCUT2D eigenvalue weighted by Crippen LogP contribution is 2.42. The number of nitrogens with zero attached hydrogens (tertiary/aromatic N) is 1. The summed E-state index contributed by atoms with van der Waals surface area (Å²) in [6.07, 6.45) is 0. The quantitative estimate of drug-likeness (QED) is 0.384. The van der Waals surface area contributed by atoms with Gasteiger partial charge in [-0.05, 0) is 55.7 Å². The Morgan fingerprint density at radius 2 is 1.97 bits per heavy atom. The van der Waals surface area contributed by atoms with Gasteiger partial charge < -0.3 is 20.1 Å². The zero-order valence-electron chi connectivity index (χ0n) is 20.3. The van der Waals surface area contributed by atoms with Gasteiger partial charge in [0.25, 0.3) is 0 Å². The first-order valence-corrected chi connectivity index (χ1v) is 12.5. The highest BCUT2D eigenvalue weighted by atomic mass is 35.5. The SMILES string of the molecule is CCOc1ccc([C@H]2C(C#N)=C(SCC(=O)Nc3cc(C)ccc3C)NC(=O)[C@H]2C(=O)OC)cc1Cl. The summed E-state index contributed by atoms with van der Waals surface area (Å²) in [5, 5.41) is 16.0. The predicted molar refractivity (Wildman–Crippen MR) is 139 cm³/mol. The molecule has 0 fully saturated rings. The van der Waals surface area contributed by atoms with E-state index in [1.54, 1.807) is 18.2 Å². The average Bonchev–Trinajstić information content (AvgIpc) is 2.85. The minimum absolute atomic E-state index is 0.0617. The van der Waals surface area contributed by atoms with Crippen LogP contribution in [-0.2, 0) is 19.1 Å². The summed E-state index contributed by atoms with van der Waals surface area (Å²) in [5.41, 5.74) is 3.21. The molecule has 0 unspecified atom stereocenters. The Bertz CT molecular complexity index is 1270. The van der Waals surface area contributed by atoms with E-state index in [2.05, 4.69) is 16.7 Å². The molecule has 2 amide bonds. The van der Waals surface area contributed by atoms with Crippen molar-refractivity contribution >= 4 is 46.8 Å². The van der Waals surface area contributed by atoms with Crippen LogP contribution in [0.5, 0.6) is 5.75 Å². The third-order valence-electron chi connectivity index (χ3n) is 5.61. The Morgan fingerprint density at radius 3 is 2.61 bits per heavy atom. The molecule has 0 saturated carbocycles. The van der Waals surface area contributed by atoms with E-state index < -0.39 is 23.7 Å². The van der Waals surface area contributed by atoms with E-state index >= 15 is 0 Å². The minimum atomic E-state index is -1.30. The Kier molecular flexibility index (Phi) is 9.02. The van der Waals surface area contributed by atoms with E-state index in [0.29, 0.717) is 23.6 Å². The molecule has 1 aliphatic rings. The van der Waals surface area contributed by atoms with Gasteiger partial charge >= 0.3 is 5.97 Å². The first-order valence-electron chi connectivity index (χ1n) is 11.1.